The molecule has 11 heteroatoms. The number of anilines is 2. The van der Waals surface area contributed by atoms with E-state index in [4.69, 9.17) is 0 Å². The summed E-state index contributed by atoms with van der Waals surface area (Å²) in [7, 11) is 2.93. The summed E-state index contributed by atoms with van der Waals surface area (Å²) in [6, 6.07) is 11.3. The van der Waals surface area contributed by atoms with Gasteiger partial charge in [0.15, 0.2) is 17.0 Å². The molecule has 1 aliphatic heterocycles. The molecule has 1 N–H and O–H groups in total. The number of nitrogens with one attached hydrogen (secondary N) is 1. The first-order valence-corrected chi connectivity index (χ1v) is 11.5. The number of aromatic nitrogens is 6. The molecule has 1 aliphatic rings. The van der Waals surface area contributed by atoms with Gasteiger partial charge < -0.3 is 14.8 Å². The minimum absolute atomic E-state index is 0.116. The van der Waals surface area contributed by atoms with E-state index in [2.05, 4.69) is 25.4 Å². The third-order valence-corrected chi connectivity index (χ3v) is 6.33. The van der Waals surface area contributed by atoms with Crippen LogP contribution >= 0.6 is 0 Å². The largest absolute Gasteiger partial charge is 0.355 e. The highest BCUT2D eigenvalue weighted by atomic mass is 16.2. The van der Waals surface area contributed by atoms with E-state index < -0.39 is 11.2 Å². The van der Waals surface area contributed by atoms with Crippen LogP contribution < -0.4 is 21.5 Å². The number of carbonyl (C=O) groups is 1. The molecule has 4 aromatic rings. The van der Waals surface area contributed by atoms with Crippen molar-refractivity contribution in [3.63, 3.8) is 0 Å². The zero-order valence-electron chi connectivity index (χ0n) is 19.6. The molecule has 0 unspecified atom stereocenters. The lowest BCUT2D eigenvalue weighted by molar-refractivity contribution is -0.116. The van der Waals surface area contributed by atoms with Crippen LogP contribution in [0, 0.1) is 0 Å². The zero-order chi connectivity index (χ0) is 24.5. The topological polar surface area (TPSA) is 120 Å². The number of fused-ring (bicyclic) bond motifs is 1. The number of imidazole rings is 1. The van der Waals surface area contributed by atoms with E-state index in [9.17, 15) is 14.4 Å². The molecule has 0 saturated carbocycles. The molecule has 0 radical (unpaired) electrons. The monoisotopic (exact) mass is 474 g/mol. The molecule has 0 spiro atoms. The lowest BCUT2D eigenvalue weighted by Crippen LogP contribution is -2.37. The van der Waals surface area contributed by atoms with Gasteiger partial charge in [0.05, 0.1) is 12.0 Å². The van der Waals surface area contributed by atoms with Crippen molar-refractivity contribution >= 4 is 28.6 Å². The van der Waals surface area contributed by atoms with Crippen molar-refractivity contribution in [1.82, 2.24) is 28.9 Å². The molecule has 0 bridgehead atoms. The summed E-state index contributed by atoms with van der Waals surface area (Å²) in [6.45, 7) is 1.92. The Morgan fingerprint density at radius 1 is 0.943 bits per heavy atom. The van der Waals surface area contributed by atoms with Gasteiger partial charge in [-0.1, -0.05) is 12.1 Å². The number of hydrogen-bond donors (Lipinski definition) is 1. The Hall–Kier alpha value is -4.28. The van der Waals surface area contributed by atoms with Crippen LogP contribution in [0.5, 0.6) is 0 Å². The summed E-state index contributed by atoms with van der Waals surface area (Å²) < 4.78 is 3.73. The predicted molar refractivity (Wildman–Crippen MR) is 132 cm³/mol. The molecular weight excluding hydrogens is 448 g/mol. The van der Waals surface area contributed by atoms with Crippen LogP contribution in [0.2, 0.25) is 0 Å². The quantitative estimate of drug-likeness (QED) is 0.466. The standard InChI is InChI=1S/C24H26N8O3/c1-29-22-21(23(34)30(2)24(29)35)32(15-25-22)14-20(33)26-17-8-6-16(7-9-17)18-10-11-19(28-27-18)31-12-4-3-5-13-31/h6-11,15H,3-5,12-14H2,1-2H3,(H,26,33). The van der Waals surface area contributed by atoms with Crippen molar-refractivity contribution in [2.24, 2.45) is 14.1 Å². The Kier molecular flexibility index (Phi) is 5.89. The first-order chi connectivity index (χ1) is 16.9. The van der Waals surface area contributed by atoms with E-state index in [0.717, 1.165) is 34.7 Å². The van der Waals surface area contributed by atoms with Crippen molar-refractivity contribution in [3.05, 3.63) is 63.6 Å². The maximum Gasteiger partial charge on any atom is 0.332 e. The molecule has 1 saturated heterocycles. The average Bonchev–Trinajstić information content (AvgIpc) is 3.31. The predicted octanol–water partition coefficient (Wildman–Crippen LogP) is 1.52. The van der Waals surface area contributed by atoms with Gasteiger partial charge in [-0.25, -0.2) is 9.78 Å². The van der Waals surface area contributed by atoms with Gasteiger partial charge in [0.1, 0.15) is 6.54 Å². The number of hydrogen-bond acceptors (Lipinski definition) is 7. The van der Waals surface area contributed by atoms with Crippen molar-refractivity contribution in [2.75, 3.05) is 23.3 Å². The summed E-state index contributed by atoms with van der Waals surface area (Å²) in [5.41, 5.74) is 1.74. The summed E-state index contributed by atoms with van der Waals surface area (Å²) in [5, 5.41) is 11.6. The molecule has 11 nitrogen and oxygen atoms in total. The second-order valence-electron chi connectivity index (χ2n) is 8.70. The Morgan fingerprint density at radius 2 is 1.69 bits per heavy atom. The molecule has 0 atom stereocenters. The van der Waals surface area contributed by atoms with Crippen molar-refractivity contribution in [1.29, 1.82) is 0 Å². The third-order valence-electron chi connectivity index (χ3n) is 6.33. The van der Waals surface area contributed by atoms with Gasteiger partial charge in [-0.05, 0) is 43.5 Å². The van der Waals surface area contributed by atoms with Gasteiger partial charge in [-0.15, -0.1) is 10.2 Å². The minimum atomic E-state index is -0.495. The number of amides is 1. The molecule has 1 aromatic carbocycles. The van der Waals surface area contributed by atoms with E-state index in [-0.39, 0.29) is 23.6 Å². The van der Waals surface area contributed by atoms with Crippen LogP contribution in [0.1, 0.15) is 19.3 Å². The highest BCUT2D eigenvalue weighted by molar-refractivity contribution is 5.91. The smallest absolute Gasteiger partial charge is 0.332 e. The lowest BCUT2D eigenvalue weighted by atomic mass is 10.1. The molecule has 1 amide bonds. The van der Waals surface area contributed by atoms with Crippen molar-refractivity contribution in [3.8, 4) is 11.3 Å². The van der Waals surface area contributed by atoms with Gasteiger partial charge in [0.2, 0.25) is 5.91 Å². The highest BCUT2D eigenvalue weighted by Gasteiger charge is 2.16. The van der Waals surface area contributed by atoms with Gasteiger partial charge in [-0.3, -0.25) is 18.7 Å². The fourth-order valence-electron chi connectivity index (χ4n) is 4.37. The van der Waals surface area contributed by atoms with E-state index >= 15 is 0 Å². The molecule has 0 aliphatic carbocycles. The zero-order valence-corrected chi connectivity index (χ0v) is 19.6. The van der Waals surface area contributed by atoms with Crippen LogP contribution in [0.25, 0.3) is 22.4 Å². The molecule has 3 aromatic heterocycles. The van der Waals surface area contributed by atoms with Gasteiger partial charge in [0, 0.05) is 38.4 Å². The Morgan fingerprint density at radius 3 is 2.37 bits per heavy atom. The average molecular weight is 475 g/mol. The van der Waals surface area contributed by atoms with Crippen molar-refractivity contribution in [2.45, 2.75) is 25.8 Å². The van der Waals surface area contributed by atoms with Gasteiger partial charge in [0.25, 0.3) is 5.56 Å². The second-order valence-corrected chi connectivity index (χ2v) is 8.70. The summed E-state index contributed by atoms with van der Waals surface area (Å²) in [6.07, 6.45) is 5.03. The van der Waals surface area contributed by atoms with Crippen LogP contribution in [-0.4, -0.2) is 47.9 Å². The number of benzene rings is 1. The van der Waals surface area contributed by atoms with E-state index in [1.54, 1.807) is 12.1 Å². The molecule has 5 rings (SSSR count). The Labute approximate surface area is 200 Å². The summed E-state index contributed by atoms with van der Waals surface area (Å²) >= 11 is 0. The van der Waals surface area contributed by atoms with Crippen LogP contribution in [0.3, 0.4) is 0 Å². The van der Waals surface area contributed by atoms with Crippen LogP contribution in [0.15, 0.2) is 52.3 Å². The highest BCUT2D eigenvalue weighted by Crippen LogP contribution is 2.22. The van der Waals surface area contributed by atoms with Crippen LogP contribution in [0.4, 0.5) is 11.5 Å². The molecule has 4 heterocycles. The minimum Gasteiger partial charge on any atom is -0.355 e. The molecule has 1 fully saturated rings. The third kappa shape index (κ3) is 4.32. The Bertz CT molecular complexity index is 1490. The number of piperidine rings is 1. The normalized spacial score (nSPS) is 13.8. The number of aryl methyl sites for hydroxylation is 1. The van der Waals surface area contributed by atoms with E-state index in [0.29, 0.717) is 5.69 Å². The maximum absolute atomic E-state index is 12.7. The van der Waals surface area contributed by atoms with Gasteiger partial charge in [-0.2, -0.15) is 0 Å². The number of nitrogens with zero attached hydrogens (tertiary/aromatic N) is 7. The number of carbonyl (C=O) groups excluding carboxylic acids is 1. The Balaban J connectivity index is 1.27. The van der Waals surface area contributed by atoms with E-state index in [1.807, 2.05) is 24.3 Å². The SMILES string of the molecule is Cn1c(=O)c2c(ncn2CC(=O)Nc2ccc(-c3ccc(N4CCCCC4)nn3)cc2)n(C)c1=O. The fourth-order valence-corrected chi connectivity index (χ4v) is 4.37. The van der Waals surface area contributed by atoms with Crippen molar-refractivity contribution < 1.29 is 4.79 Å². The lowest BCUT2D eigenvalue weighted by Gasteiger charge is -2.27. The van der Waals surface area contributed by atoms with E-state index in [1.165, 1.54) is 48.8 Å². The number of rotatable bonds is 5. The second kappa shape index (κ2) is 9.16. The summed E-state index contributed by atoms with van der Waals surface area (Å²) in [4.78, 5) is 43.7. The van der Waals surface area contributed by atoms with Crippen LogP contribution in [-0.2, 0) is 25.4 Å². The van der Waals surface area contributed by atoms with Gasteiger partial charge >= 0.3 is 5.69 Å². The molecule has 35 heavy (non-hydrogen) atoms. The molecule has 180 valence electrons. The maximum atomic E-state index is 12.7. The fraction of sp³-hybridized carbons (Fsp3) is 0.333. The molecular formula is C24H26N8O3. The summed E-state index contributed by atoms with van der Waals surface area (Å²) in [5.74, 6) is 0.581. The first kappa shape index (κ1) is 22.5. The first-order valence-electron chi connectivity index (χ1n) is 11.5.